The number of hydrogen-bond donors (Lipinski definition) is 2. The summed E-state index contributed by atoms with van der Waals surface area (Å²) in [7, 11) is -3.91. The van der Waals surface area contributed by atoms with Crippen molar-refractivity contribution in [3.63, 3.8) is 0 Å². The maximum Gasteiger partial charge on any atom is 0.291 e. The first kappa shape index (κ1) is 24.4. The second kappa shape index (κ2) is 8.68. The molecule has 9 nitrogen and oxygen atoms in total. The van der Waals surface area contributed by atoms with Crippen LogP contribution in [0.2, 0.25) is 0 Å². The van der Waals surface area contributed by atoms with Crippen LogP contribution in [0, 0.1) is 0 Å². The lowest BCUT2D eigenvalue weighted by Crippen LogP contribution is -2.61. The van der Waals surface area contributed by atoms with Gasteiger partial charge in [0.05, 0.1) is 23.4 Å². The molecule has 2 fully saturated rings. The molecule has 1 aliphatic heterocycles. The van der Waals surface area contributed by atoms with Gasteiger partial charge in [0.25, 0.3) is 6.43 Å². The molecule has 14 heteroatoms. The number of halogens is 3. The largest absolute Gasteiger partial charge is 0.364 e. The maximum atomic E-state index is 13.8. The summed E-state index contributed by atoms with van der Waals surface area (Å²) in [5.41, 5.74) is 0.627. The summed E-state index contributed by atoms with van der Waals surface area (Å²) in [5.74, 6) is 0.207. The SMILES string of the molecule is C[C@H]1CN(c2cc(S(=O)(=O)NC3(C)CC3)cn3c(-c4nnc(C(F)F)s4)ncc23)[C@@H](C)[C@@H](CF)N1. The number of nitrogens with zero attached hydrogens (tertiary/aromatic N) is 5. The summed E-state index contributed by atoms with van der Waals surface area (Å²) in [6.07, 6.45) is 1.67. The molecule has 0 unspecified atom stereocenters. The molecular formula is C21H26F3N7O2S2. The highest BCUT2D eigenvalue weighted by Crippen LogP contribution is 2.38. The van der Waals surface area contributed by atoms with Crippen molar-refractivity contribution in [2.75, 3.05) is 18.1 Å². The fourth-order valence-corrected chi connectivity index (χ4v) is 6.58. The molecule has 3 aromatic heterocycles. The van der Waals surface area contributed by atoms with Crippen LogP contribution in [0.3, 0.4) is 0 Å². The first-order valence-electron chi connectivity index (χ1n) is 11.3. The van der Waals surface area contributed by atoms with Gasteiger partial charge in [0.2, 0.25) is 10.0 Å². The third kappa shape index (κ3) is 4.52. The molecule has 0 aromatic carbocycles. The highest BCUT2D eigenvalue weighted by Gasteiger charge is 2.42. The number of aromatic nitrogens is 4. The minimum Gasteiger partial charge on any atom is -0.364 e. The highest BCUT2D eigenvalue weighted by atomic mass is 32.2. The summed E-state index contributed by atoms with van der Waals surface area (Å²) in [6.45, 7) is 5.58. The number of fused-ring (bicyclic) bond motifs is 1. The molecular weight excluding hydrogens is 503 g/mol. The first-order chi connectivity index (χ1) is 16.5. The molecule has 4 heterocycles. The Morgan fingerprint density at radius 3 is 2.69 bits per heavy atom. The van der Waals surface area contributed by atoms with Gasteiger partial charge in [-0.2, -0.15) is 0 Å². The van der Waals surface area contributed by atoms with Crippen LogP contribution in [0.15, 0.2) is 23.4 Å². The average molecular weight is 530 g/mol. The molecule has 0 amide bonds. The number of imidazole rings is 1. The maximum absolute atomic E-state index is 13.8. The van der Waals surface area contributed by atoms with Gasteiger partial charge in [-0.25, -0.2) is 31.3 Å². The van der Waals surface area contributed by atoms with E-state index >= 15 is 0 Å². The Bertz CT molecular complexity index is 1360. The predicted octanol–water partition coefficient (Wildman–Crippen LogP) is 3.15. The van der Waals surface area contributed by atoms with Gasteiger partial charge in [-0.05, 0) is 39.7 Å². The number of anilines is 1. The van der Waals surface area contributed by atoms with Crippen LogP contribution in [-0.2, 0) is 10.0 Å². The summed E-state index contributed by atoms with van der Waals surface area (Å²) >= 11 is 0.699. The third-order valence-electron chi connectivity index (χ3n) is 6.62. The smallest absolute Gasteiger partial charge is 0.291 e. The van der Waals surface area contributed by atoms with E-state index in [1.54, 1.807) is 16.7 Å². The predicted molar refractivity (Wildman–Crippen MR) is 126 cm³/mol. The Balaban J connectivity index is 1.68. The zero-order valence-corrected chi connectivity index (χ0v) is 21.0. The Morgan fingerprint density at radius 2 is 2.06 bits per heavy atom. The lowest BCUT2D eigenvalue weighted by atomic mass is 10.0. The summed E-state index contributed by atoms with van der Waals surface area (Å²) < 4.78 is 71.0. The van der Waals surface area contributed by atoms with Crippen LogP contribution < -0.4 is 14.9 Å². The van der Waals surface area contributed by atoms with Gasteiger partial charge in [-0.3, -0.25) is 4.40 Å². The van der Waals surface area contributed by atoms with Crippen LogP contribution in [-0.4, -0.2) is 64.9 Å². The van der Waals surface area contributed by atoms with Crippen LogP contribution >= 0.6 is 11.3 Å². The van der Waals surface area contributed by atoms with E-state index in [1.165, 1.54) is 6.20 Å². The Hall–Kier alpha value is -2.29. The van der Waals surface area contributed by atoms with Crippen molar-refractivity contribution in [2.45, 2.75) is 68.6 Å². The molecule has 2 aliphatic rings. The van der Waals surface area contributed by atoms with E-state index in [-0.39, 0.29) is 27.8 Å². The van der Waals surface area contributed by atoms with Gasteiger partial charge in [-0.15, -0.1) is 10.2 Å². The van der Waals surface area contributed by atoms with Gasteiger partial charge in [0.1, 0.15) is 11.6 Å². The van der Waals surface area contributed by atoms with E-state index in [2.05, 4.69) is 25.2 Å². The summed E-state index contributed by atoms with van der Waals surface area (Å²) in [5, 5.41) is 10.3. The van der Waals surface area contributed by atoms with Gasteiger partial charge in [0, 0.05) is 30.4 Å². The third-order valence-corrected chi connectivity index (χ3v) is 9.15. The molecule has 0 spiro atoms. The van der Waals surface area contributed by atoms with E-state index in [4.69, 9.17) is 0 Å². The average Bonchev–Trinajstić information content (AvgIpc) is 3.18. The van der Waals surface area contributed by atoms with Crippen molar-refractivity contribution in [1.29, 1.82) is 0 Å². The standard InChI is InChI=1S/C21H26F3N7O2S2/c1-11-9-30(12(2)14(7-22)26-11)15-6-13(35(32,33)29-21(3)4-5-21)10-31-16(15)8-25-18(31)20-28-27-19(34-20)17(23)24/h6,8,10-12,14,17,26,29H,4-5,7,9H2,1-3H3/t11-,12-,14+/m0/s1. The van der Waals surface area contributed by atoms with Crippen molar-refractivity contribution in [1.82, 2.24) is 29.6 Å². The Kier molecular flexibility index (Phi) is 6.05. The van der Waals surface area contributed by atoms with E-state index in [0.717, 1.165) is 12.8 Å². The molecule has 0 radical (unpaired) electrons. The highest BCUT2D eigenvalue weighted by molar-refractivity contribution is 7.89. The first-order valence-corrected chi connectivity index (χ1v) is 13.6. The fraction of sp³-hybridized carbons (Fsp3) is 0.571. The van der Waals surface area contributed by atoms with E-state index in [0.29, 0.717) is 29.1 Å². The molecule has 3 aromatic rings. The quantitative estimate of drug-likeness (QED) is 0.485. The molecule has 1 saturated carbocycles. The lowest BCUT2D eigenvalue weighted by Gasteiger charge is -2.44. The van der Waals surface area contributed by atoms with Crippen LogP contribution in [0.25, 0.3) is 16.3 Å². The van der Waals surface area contributed by atoms with Crippen molar-refractivity contribution in [2.24, 2.45) is 0 Å². The zero-order valence-electron chi connectivity index (χ0n) is 19.4. The fourth-order valence-electron chi connectivity index (χ4n) is 4.40. The van der Waals surface area contributed by atoms with Crippen molar-refractivity contribution < 1.29 is 21.6 Å². The number of nitrogens with one attached hydrogen (secondary N) is 2. The molecule has 5 rings (SSSR count). The summed E-state index contributed by atoms with van der Waals surface area (Å²) in [6, 6.07) is 0.803. The topological polar surface area (TPSA) is 105 Å². The Labute approximate surface area is 204 Å². The van der Waals surface area contributed by atoms with Crippen LogP contribution in [0.4, 0.5) is 18.9 Å². The van der Waals surface area contributed by atoms with Gasteiger partial charge >= 0.3 is 0 Å². The number of rotatable bonds is 7. The molecule has 1 aliphatic carbocycles. The van der Waals surface area contributed by atoms with Crippen LogP contribution in [0.1, 0.15) is 45.0 Å². The minimum atomic E-state index is -3.91. The zero-order chi connectivity index (χ0) is 25.1. The van der Waals surface area contributed by atoms with E-state index < -0.39 is 39.7 Å². The number of alkyl halides is 3. The molecule has 3 atom stereocenters. The summed E-state index contributed by atoms with van der Waals surface area (Å²) in [4.78, 5) is 6.35. The molecule has 2 N–H and O–H groups in total. The second-order valence-electron chi connectivity index (χ2n) is 9.53. The number of piperazine rings is 1. The molecule has 190 valence electrons. The number of pyridine rings is 1. The lowest BCUT2D eigenvalue weighted by molar-refractivity contribution is 0.150. The minimum absolute atomic E-state index is 0.00107. The normalized spacial score (nSPS) is 24.4. The number of sulfonamides is 1. The van der Waals surface area contributed by atoms with Gasteiger partial charge < -0.3 is 10.2 Å². The van der Waals surface area contributed by atoms with Crippen molar-refractivity contribution in [3.05, 3.63) is 23.5 Å². The van der Waals surface area contributed by atoms with Gasteiger partial charge in [0.15, 0.2) is 15.8 Å². The molecule has 0 bridgehead atoms. The monoisotopic (exact) mass is 529 g/mol. The van der Waals surface area contributed by atoms with E-state index in [1.807, 2.05) is 25.7 Å². The van der Waals surface area contributed by atoms with Crippen molar-refractivity contribution in [3.8, 4) is 10.8 Å². The van der Waals surface area contributed by atoms with E-state index in [9.17, 15) is 21.6 Å². The van der Waals surface area contributed by atoms with Crippen LogP contribution in [0.5, 0.6) is 0 Å². The second-order valence-corrected chi connectivity index (χ2v) is 12.2. The molecule has 1 saturated heterocycles. The Morgan fingerprint density at radius 1 is 1.31 bits per heavy atom. The van der Waals surface area contributed by atoms with Crippen molar-refractivity contribution >= 4 is 32.6 Å². The molecule has 35 heavy (non-hydrogen) atoms. The van der Waals surface area contributed by atoms with Gasteiger partial charge in [-0.1, -0.05) is 11.3 Å². The number of hydrogen-bond acceptors (Lipinski definition) is 8.